The average molecular weight is 393 g/mol. The van der Waals surface area contributed by atoms with Gasteiger partial charge in [-0.3, -0.25) is 10.2 Å². The van der Waals surface area contributed by atoms with Gasteiger partial charge in [0.1, 0.15) is 0 Å². The molecule has 1 N–H and O–H groups in total. The fourth-order valence-electron chi connectivity index (χ4n) is 3.65. The molecule has 2 aromatic carbocycles. The van der Waals surface area contributed by atoms with Gasteiger partial charge in [-0.15, -0.1) is 11.3 Å². The molecule has 5 nitrogen and oxygen atoms in total. The van der Waals surface area contributed by atoms with Crippen LogP contribution in [0.2, 0.25) is 0 Å². The molecule has 0 atom stereocenters. The second-order valence-corrected chi connectivity index (χ2v) is 7.83. The lowest BCUT2D eigenvalue weighted by Crippen LogP contribution is -2.51. The molecule has 28 heavy (non-hydrogen) atoms. The van der Waals surface area contributed by atoms with Crippen molar-refractivity contribution in [2.75, 3.05) is 31.5 Å². The number of aromatic nitrogens is 1. The Bertz CT molecular complexity index is 865. The van der Waals surface area contributed by atoms with Crippen LogP contribution in [0.4, 0.5) is 9.93 Å². The number of rotatable bonds is 4. The van der Waals surface area contributed by atoms with Crippen molar-refractivity contribution < 1.29 is 4.79 Å². The molecule has 1 aliphatic rings. The zero-order chi connectivity index (χ0) is 19.3. The van der Waals surface area contributed by atoms with Crippen molar-refractivity contribution in [1.29, 1.82) is 0 Å². The van der Waals surface area contributed by atoms with E-state index < -0.39 is 0 Å². The molecule has 3 aromatic rings. The summed E-state index contributed by atoms with van der Waals surface area (Å²) in [6, 6.07) is 21.3. The molecule has 0 radical (unpaired) electrons. The molecule has 0 spiro atoms. The topological polar surface area (TPSA) is 48.5 Å². The Labute approximate surface area is 169 Å². The van der Waals surface area contributed by atoms with Gasteiger partial charge in [-0.2, -0.15) is 0 Å². The van der Waals surface area contributed by atoms with E-state index in [9.17, 15) is 4.79 Å². The molecular weight excluding hydrogens is 368 g/mol. The first-order valence-corrected chi connectivity index (χ1v) is 10.4. The molecule has 6 heteroatoms. The highest BCUT2D eigenvalue weighted by Gasteiger charge is 2.28. The first-order valence-electron chi connectivity index (χ1n) is 9.53. The predicted octanol–water partition coefficient (Wildman–Crippen LogP) is 4.39. The number of anilines is 1. The largest absolute Gasteiger partial charge is 0.323 e. The van der Waals surface area contributed by atoms with Crippen LogP contribution in [0.5, 0.6) is 0 Å². The van der Waals surface area contributed by atoms with Crippen molar-refractivity contribution in [3.05, 3.63) is 82.9 Å². The Balaban J connectivity index is 1.45. The Morgan fingerprint density at radius 1 is 0.964 bits per heavy atom. The molecule has 2 heterocycles. The van der Waals surface area contributed by atoms with E-state index in [-0.39, 0.29) is 12.1 Å². The lowest BCUT2D eigenvalue weighted by molar-refractivity contribution is 0.126. The van der Waals surface area contributed by atoms with E-state index in [1.54, 1.807) is 0 Å². The number of urea groups is 1. The summed E-state index contributed by atoms with van der Waals surface area (Å²) >= 11 is 1.46. The van der Waals surface area contributed by atoms with Crippen LogP contribution in [-0.2, 0) is 0 Å². The highest BCUT2D eigenvalue weighted by molar-refractivity contribution is 7.13. The van der Waals surface area contributed by atoms with E-state index in [0.717, 1.165) is 18.8 Å². The molecular formula is C22H24N4OS. The first kappa shape index (κ1) is 18.7. The summed E-state index contributed by atoms with van der Waals surface area (Å²) in [7, 11) is 0. The van der Waals surface area contributed by atoms with Crippen LogP contribution >= 0.6 is 11.3 Å². The molecule has 0 saturated carbocycles. The van der Waals surface area contributed by atoms with Gasteiger partial charge < -0.3 is 4.90 Å². The number of carbonyl (C=O) groups excluding carboxylic acids is 1. The number of piperazine rings is 1. The maximum absolute atomic E-state index is 12.6. The van der Waals surface area contributed by atoms with E-state index in [2.05, 4.69) is 63.7 Å². The van der Waals surface area contributed by atoms with Crippen LogP contribution in [0, 0.1) is 6.92 Å². The van der Waals surface area contributed by atoms with E-state index in [1.165, 1.54) is 22.5 Å². The molecule has 0 aliphatic carbocycles. The summed E-state index contributed by atoms with van der Waals surface area (Å²) in [4.78, 5) is 21.2. The minimum absolute atomic E-state index is 0.0648. The number of thiazole rings is 1. The highest BCUT2D eigenvalue weighted by atomic mass is 32.1. The maximum atomic E-state index is 12.6. The Kier molecular flexibility index (Phi) is 5.69. The van der Waals surface area contributed by atoms with Gasteiger partial charge in [-0.05, 0) is 18.1 Å². The fraction of sp³-hybridized carbons (Fsp3) is 0.273. The summed E-state index contributed by atoms with van der Waals surface area (Å²) in [5, 5.41) is 5.52. The molecule has 1 aromatic heterocycles. The SMILES string of the molecule is Cc1csc(NC(=O)N2CCN(C(c3ccccc3)c3ccccc3)CC2)n1. The van der Waals surface area contributed by atoms with Crippen LogP contribution in [0.3, 0.4) is 0 Å². The van der Waals surface area contributed by atoms with Gasteiger partial charge in [0.05, 0.1) is 11.7 Å². The monoisotopic (exact) mass is 392 g/mol. The molecule has 1 fully saturated rings. The number of nitrogens with one attached hydrogen (secondary N) is 1. The van der Waals surface area contributed by atoms with Crippen LogP contribution in [0.25, 0.3) is 0 Å². The summed E-state index contributed by atoms with van der Waals surface area (Å²) in [6.45, 7) is 4.99. The van der Waals surface area contributed by atoms with Gasteiger partial charge in [0.15, 0.2) is 5.13 Å². The molecule has 2 amide bonds. The minimum Gasteiger partial charge on any atom is -0.322 e. The summed E-state index contributed by atoms with van der Waals surface area (Å²) in [6.07, 6.45) is 0. The van der Waals surface area contributed by atoms with Crippen molar-refractivity contribution in [1.82, 2.24) is 14.8 Å². The zero-order valence-electron chi connectivity index (χ0n) is 15.9. The second-order valence-electron chi connectivity index (χ2n) is 6.97. The Morgan fingerprint density at radius 2 is 1.54 bits per heavy atom. The number of hydrogen-bond donors (Lipinski definition) is 1. The smallest absolute Gasteiger partial charge is 0.322 e. The quantitative estimate of drug-likeness (QED) is 0.716. The van der Waals surface area contributed by atoms with Gasteiger partial charge in [0.2, 0.25) is 0 Å². The third-order valence-corrected chi connectivity index (χ3v) is 5.91. The predicted molar refractivity (Wildman–Crippen MR) is 114 cm³/mol. The van der Waals surface area contributed by atoms with Crippen molar-refractivity contribution in [3.63, 3.8) is 0 Å². The minimum atomic E-state index is -0.0648. The summed E-state index contributed by atoms with van der Waals surface area (Å²) < 4.78 is 0. The van der Waals surface area contributed by atoms with Gasteiger partial charge in [0, 0.05) is 31.6 Å². The number of carbonyl (C=O) groups is 1. The summed E-state index contributed by atoms with van der Waals surface area (Å²) in [5.41, 5.74) is 3.49. The van der Waals surface area contributed by atoms with Crippen molar-refractivity contribution in [2.45, 2.75) is 13.0 Å². The normalized spacial score (nSPS) is 15.0. The van der Waals surface area contributed by atoms with Gasteiger partial charge >= 0.3 is 6.03 Å². The molecule has 4 rings (SSSR count). The van der Waals surface area contributed by atoms with Crippen molar-refractivity contribution in [2.24, 2.45) is 0 Å². The molecule has 0 unspecified atom stereocenters. The number of benzene rings is 2. The number of aryl methyl sites for hydroxylation is 1. The van der Waals surface area contributed by atoms with Crippen LogP contribution in [0.15, 0.2) is 66.0 Å². The van der Waals surface area contributed by atoms with Crippen LogP contribution in [0.1, 0.15) is 22.9 Å². The number of hydrogen-bond acceptors (Lipinski definition) is 4. The first-order chi connectivity index (χ1) is 13.7. The Hall–Kier alpha value is -2.70. The average Bonchev–Trinajstić information content (AvgIpc) is 3.15. The zero-order valence-corrected chi connectivity index (χ0v) is 16.7. The molecule has 1 saturated heterocycles. The van der Waals surface area contributed by atoms with Gasteiger partial charge in [0.25, 0.3) is 0 Å². The second kappa shape index (κ2) is 8.54. The van der Waals surface area contributed by atoms with Gasteiger partial charge in [-0.1, -0.05) is 60.7 Å². The van der Waals surface area contributed by atoms with E-state index in [4.69, 9.17) is 0 Å². The van der Waals surface area contributed by atoms with Crippen molar-refractivity contribution in [3.8, 4) is 0 Å². The van der Waals surface area contributed by atoms with Crippen LogP contribution < -0.4 is 5.32 Å². The number of nitrogens with zero attached hydrogens (tertiary/aromatic N) is 3. The third-order valence-electron chi connectivity index (χ3n) is 5.03. The highest BCUT2D eigenvalue weighted by Crippen LogP contribution is 2.29. The number of amides is 2. The molecule has 0 bridgehead atoms. The third kappa shape index (κ3) is 4.24. The van der Waals surface area contributed by atoms with Gasteiger partial charge in [-0.25, -0.2) is 9.78 Å². The lowest BCUT2D eigenvalue weighted by Gasteiger charge is -2.39. The van der Waals surface area contributed by atoms with Crippen LogP contribution in [-0.4, -0.2) is 47.0 Å². The molecule has 144 valence electrons. The Morgan fingerprint density at radius 3 is 2.04 bits per heavy atom. The van der Waals surface area contributed by atoms with E-state index >= 15 is 0 Å². The van der Waals surface area contributed by atoms with Crippen molar-refractivity contribution >= 4 is 22.5 Å². The van der Waals surface area contributed by atoms with E-state index in [1.807, 2.05) is 29.3 Å². The lowest BCUT2D eigenvalue weighted by atomic mass is 9.96. The maximum Gasteiger partial charge on any atom is 0.323 e. The summed E-state index contributed by atoms with van der Waals surface area (Å²) in [5.74, 6) is 0. The fourth-order valence-corrected chi connectivity index (χ4v) is 4.33. The molecule has 1 aliphatic heterocycles. The van der Waals surface area contributed by atoms with E-state index in [0.29, 0.717) is 18.2 Å². The standard InChI is InChI=1S/C22H24N4OS/c1-17-16-28-21(23-17)24-22(27)26-14-12-25(13-15-26)20(18-8-4-2-5-9-18)19-10-6-3-7-11-19/h2-11,16,20H,12-15H2,1H3,(H,23,24,27).